The zero-order valence-corrected chi connectivity index (χ0v) is 5.93. The molecule has 52 valence electrons. The van der Waals surface area contributed by atoms with Crippen LogP contribution in [0.1, 0.15) is 19.8 Å². The average molecular weight is 126 g/mol. The van der Waals surface area contributed by atoms with Crippen molar-refractivity contribution in [2.24, 2.45) is 16.1 Å². The Kier molecular flexibility index (Phi) is 1.86. The van der Waals surface area contributed by atoms with Crippen molar-refractivity contribution >= 4 is 6.21 Å². The molecule has 0 aromatic heterocycles. The van der Waals surface area contributed by atoms with Crippen molar-refractivity contribution in [2.75, 3.05) is 13.1 Å². The lowest BCUT2D eigenvalue weighted by Crippen LogP contribution is -2.19. The number of nitrogens with two attached hydrogens (primary N) is 1. The molecular formula is C7H14N2. The summed E-state index contributed by atoms with van der Waals surface area (Å²) in [4.78, 5) is 4.17. The van der Waals surface area contributed by atoms with Crippen molar-refractivity contribution < 1.29 is 0 Å². The van der Waals surface area contributed by atoms with Gasteiger partial charge in [-0.2, -0.15) is 0 Å². The molecule has 2 nitrogen and oxygen atoms in total. The first-order chi connectivity index (χ1) is 4.27. The van der Waals surface area contributed by atoms with Crippen LogP contribution in [0, 0.1) is 5.41 Å². The minimum absolute atomic E-state index is 0.328. The molecule has 0 bridgehead atoms. The predicted octanol–water partition coefficient (Wildman–Crippen LogP) is 0.816. The summed E-state index contributed by atoms with van der Waals surface area (Å²) in [5, 5.41) is 0. The van der Waals surface area contributed by atoms with E-state index in [1.54, 1.807) is 0 Å². The summed E-state index contributed by atoms with van der Waals surface area (Å²) >= 11 is 0. The van der Waals surface area contributed by atoms with Crippen molar-refractivity contribution in [1.29, 1.82) is 0 Å². The van der Waals surface area contributed by atoms with Crippen molar-refractivity contribution in [2.45, 2.75) is 19.8 Å². The van der Waals surface area contributed by atoms with Gasteiger partial charge in [0.15, 0.2) is 0 Å². The summed E-state index contributed by atoms with van der Waals surface area (Å²) < 4.78 is 0. The van der Waals surface area contributed by atoms with Crippen LogP contribution in [0.3, 0.4) is 0 Å². The normalized spacial score (nSPS) is 33.6. The second-order valence-corrected chi connectivity index (χ2v) is 2.98. The van der Waals surface area contributed by atoms with Crippen LogP contribution in [-0.2, 0) is 0 Å². The Morgan fingerprint density at radius 2 is 2.56 bits per heavy atom. The smallest absolute Gasteiger partial charge is 0.0394 e. The molecule has 9 heavy (non-hydrogen) atoms. The van der Waals surface area contributed by atoms with E-state index in [4.69, 9.17) is 5.73 Å². The third-order valence-corrected chi connectivity index (χ3v) is 1.93. The van der Waals surface area contributed by atoms with Crippen LogP contribution in [-0.4, -0.2) is 19.3 Å². The maximum atomic E-state index is 5.43. The Balaban J connectivity index is 2.42. The summed E-state index contributed by atoms with van der Waals surface area (Å²) in [6, 6.07) is 0. The van der Waals surface area contributed by atoms with Gasteiger partial charge in [0.1, 0.15) is 0 Å². The van der Waals surface area contributed by atoms with Gasteiger partial charge in [0, 0.05) is 18.2 Å². The number of hydrogen-bond donors (Lipinski definition) is 1. The zero-order valence-electron chi connectivity index (χ0n) is 5.93. The average Bonchev–Trinajstić information content (AvgIpc) is 2.16. The van der Waals surface area contributed by atoms with E-state index < -0.39 is 0 Å². The Morgan fingerprint density at radius 3 is 3.00 bits per heavy atom. The van der Waals surface area contributed by atoms with Gasteiger partial charge in [0.05, 0.1) is 0 Å². The first-order valence-corrected chi connectivity index (χ1v) is 3.48. The van der Waals surface area contributed by atoms with E-state index in [0.29, 0.717) is 5.41 Å². The van der Waals surface area contributed by atoms with Gasteiger partial charge in [0.2, 0.25) is 0 Å². The monoisotopic (exact) mass is 126 g/mol. The zero-order chi connectivity index (χ0) is 6.74. The quantitative estimate of drug-likeness (QED) is 0.584. The molecule has 2 N–H and O–H groups in total. The van der Waals surface area contributed by atoms with Gasteiger partial charge in [-0.3, -0.25) is 4.99 Å². The lowest BCUT2D eigenvalue weighted by molar-refractivity contribution is 0.441. The minimum Gasteiger partial charge on any atom is -0.330 e. The fourth-order valence-electron chi connectivity index (χ4n) is 1.19. The van der Waals surface area contributed by atoms with Crippen molar-refractivity contribution in [1.82, 2.24) is 0 Å². The van der Waals surface area contributed by atoms with Gasteiger partial charge in [-0.1, -0.05) is 6.92 Å². The van der Waals surface area contributed by atoms with Crippen LogP contribution >= 0.6 is 0 Å². The molecule has 1 atom stereocenters. The number of rotatable bonds is 2. The van der Waals surface area contributed by atoms with Gasteiger partial charge < -0.3 is 5.73 Å². The molecule has 1 aliphatic rings. The predicted molar refractivity (Wildman–Crippen MR) is 39.8 cm³/mol. The van der Waals surface area contributed by atoms with E-state index >= 15 is 0 Å². The second-order valence-electron chi connectivity index (χ2n) is 2.98. The molecule has 1 rings (SSSR count). The summed E-state index contributed by atoms with van der Waals surface area (Å²) in [5.41, 5.74) is 5.76. The molecule has 1 aliphatic heterocycles. The molecule has 0 saturated heterocycles. The number of hydrogen-bond acceptors (Lipinski definition) is 2. The highest BCUT2D eigenvalue weighted by atomic mass is 14.8. The second kappa shape index (κ2) is 2.48. The third kappa shape index (κ3) is 1.52. The molecule has 1 unspecified atom stereocenters. The van der Waals surface area contributed by atoms with Crippen molar-refractivity contribution in [3.63, 3.8) is 0 Å². The standard InChI is InChI=1S/C7H14N2/c1-7(2-4-8)3-5-9-6-7/h6H,2-5,8H2,1H3. The van der Waals surface area contributed by atoms with Gasteiger partial charge >= 0.3 is 0 Å². The molecule has 0 spiro atoms. The first-order valence-electron chi connectivity index (χ1n) is 3.48. The van der Waals surface area contributed by atoms with Gasteiger partial charge in [-0.15, -0.1) is 0 Å². The third-order valence-electron chi connectivity index (χ3n) is 1.93. The van der Waals surface area contributed by atoms with Gasteiger partial charge in [-0.25, -0.2) is 0 Å². The van der Waals surface area contributed by atoms with E-state index in [2.05, 4.69) is 18.1 Å². The van der Waals surface area contributed by atoms with Crippen LogP contribution in [0.5, 0.6) is 0 Å². The fourth-order valence-corrected chi connectivity index (χ4v) is 1.19. The number of nitrogens with zero attached hydrogens (tertiary/aromatic N) is 1. The van der Waals surface area contributed by atoms with Crippen LogP contribution in [0.25, 0.3) is 0 Å². The fraction of sp³-hybridized carbons (Fsp3) is 0.857. The highest BCUT2D eigenvalue weighted by molar-refractivity contribution is 5.67. The summed E-state index contributed by atoms with van der Waals surface area (Å²) in [6.07, 6.45) is 4.32. The van der Waals surface area contributed by atoms with Crippen LogP contribution in [0.2, 0.25) is 0 Å². The molecule has 0 aliphatic carbocycles. The van der Waals surface area contributed by atoms with E-state index in [9.17, 15) is 0 Å². The van der Waals surface area contributed by atoms with Gasteiger partial charge in [0.25, 0.3) is 0 Å². The summed E-state index contributed by atoms with van der Waals surface area (Å²) in [5.74, 6) is 0. The maximum Gasteiger partial charge on any atom is 0.0394 e. The van der Waals surface area contributed by atoms with Crippen LogP contribution in [0.4, 0.5) is 0 Å². The highest BCUT2D eigenvalue weighted by Gasteiger charge is 2.23. The highest BCUT2D eigenvalue weighted by Crippen LogP contribution is 2.26. The Labute approximate surface area is 56.2 Å². The lowest BCUT2D eigenvalue weighted by Gasteiger charge is -2.17. The van der Waals surface area contributed by atoms with E-state index in [0.717, 1.165) is 19.5 Å². The molecule has 0 fully saturated rings. The topological polar surface area (TPSA) is 38.4 Å². The maximum absolute atomic E-state index is 5.43. The Hall–Kier alpha value is -0.370. The summed E-state index contributed by atoms with van der Waals surface area (Å²) in [7, 11) is 0. The first kappa shape index (κ1) is 6.75. The lowest BCUT2D eigenvalue weighted by atomic mass is 9.87. The molecule has 0 radical (unpaired) electrons. The van der Waals surface area contributed by atoms with Crippen molar-refractivity contribution in [3.8, 4) is 0 Å². The summed E-state index contributed by atoms with van der Waals surface area (Å²) in [6.45, 7) is 4.00. The van der Waals surface area contributed by atoms with E-state index in [1.165, 1.54) is 6.42 Å². The molecule has 0 amide bonds. The SMILES string of the molecule is CC1(CCN)C=NCC1. The molecule has 2 heteroatoms. The largest absolute Gasteiger partial charge is 0.330 e. The molecular weight excluding hydrogens is 112 g/mol. The van der Waals surface area contributed by atoms with Gasteiger partial charge in [-0.05, 0) is 19.4 Å². The van der Waals surface area contributed by atoms with Crippen LogP contribution in [0.15, 0.2) is 4.99 Å². The van der Waals surface area contributed by atoms with Crippen molar-refractivity contribution in [3.05, 3.63) is 0 Å². The molecule has 0 aromatic rings. The molecule has 0 aromatic carbocycles. The Morgan fingerprint density at radius 1 is 1.78 bits per heavy atom. The Bertz CT molecular complexity index is 120. The number of aliphatic imine (C=N–C) groups is 1. The van der Waals surface area contributed by atoms with Crippen LogP contribution < -0.4 is 5.73 Å². The van der Waals surface area contributed by atoms with E-state index in [1.807, 2.05) is 0 Å². The molecule has 0 saturated carbocycles. The van der Waals surface area contributed by atoms with E-state index in [-0.39, 0.29) is 0 Å². The minimum atomic E-state index is 0.328. The molecule has 1 heterocycles.